The zero-order chi connectivity index (χ0) is 21.7. The van der Waals surface area contributed by atoms with Gasteiger partial charge >= 0.3 is 0 Å². The number of likely N-dealkylation sites (tertiary alicyclic amines) is 1. The molecule has 0 bridgehead atoms. The first-order chi connectivity index (χ1) is 14.9. The number of nitrogens with one attached hydrogen (secondary N) is 1. The first kappa shape index (κ1) is 20.2. The molecule has 31 heavy (non-hydrogen) atoms. The van der Waals surface area contributed by atoms with Crippen LogP contribution in [-0.2, 0) is 0 Å². The molecule has 1 N–H and O–H groups in total. The Morgan fingerprint density at radius 1 is 1.19 bits per heavy atom. The number of benzene rings is 2. The molecule has 5 rings (SSSR count). The third-order valence-corrected chi connectivity index (χ3v) is 7.18. The number of carbonyl (C=O) groups excluding carboxylic acids is 1. The summed E-state index contributed by atoms with van der Waals surface area (Å²) in [5.41, 5.74) is 4.52. The van der Waals surface area contributed by atoms with Crippen LogP contribution in [0.4, 0.5) is 0 Å². The summed E-state index contributed by atoms with van der Waals surface area (Å²) < 4.78 is 0. The lowest BCUT2D eigenvalue weighted by molar-refractivity contribution is 0.0710. The van der Waals surface area contributed by atoms with E-state index < -0.39 is 0 Å². The van der Waals surface area contributed by atoms with Crippen molar-refractivity contribution >= 4 is 39.9 Å². The number of fused-ring (bicyclic) bond motifs is 1. The van der Waals surface area contributed by atoms with Gasteiger partial charge in [-0.15, -0.1) is 11.3 Å². The third kappa shape index (κ3) is 3.64. The second kappa shape index (κ2) is 7.77. The smallest absolute Gasteiger partial charge is 0.274 e. The van der Waals surface area contributed by atoms with Crippen molar-refractivity contribution in [3.8, 4) is 10.4 Å². The van der Waals surface area contributed by atoms with E-state index in [2.05, 4.69) is 35.9 Å². The number of thiazole rings is 1. The maximum atomic E-state index is 13.7. The zero-order valence-corrected chi connectivity index (χ0v) is 19.2. The summed E-state index contributed by atoms with van der Waals surface area (Å²) in [6, 6.07) is 13.7. The summed E-state index contributed by atoms with van der Waals surface area (Å²) in [4.78, 5) is 29.4. The molecule has 2 atom stereocenters. The molecule has 7 heteroatoms. The van der Waals surface area contributed by atoms with Crippen LogP contribution in [0.25, 0.3) is 21.5 Å². The van der Waals surface area contributed by atoms with Crippen molar-refractivity contribution in [3.05, 3.63) is 69.6 Å². The highest BCUT2D eigenvalue weighted by Crippen LogP contribution is 2.39. The molecular weight excluding hydrogens is 428 g/mol. The Bertz CT molecular complexity index is 1290. The Morgan fingerprint density at radius 2 is 2.03 bits per heavy atom. The molecule has 0 saturated carbocycles. The van der Waals surface area contributed by atoms with E-state index in [-0.39, 0.29) is 11.9 Å². The number of hydrogen-bond acceptors (Lipinski definition) is 4. The number of aryl methyl sites for hydroxylation is 2. The summed E-state index contributed by atoms with van der Waals surface area (Å²) in [6.07, 6.45) is 0.933. The van der Waals surface area contributed by atoms with Gasteiger partial charge in [-0.2, -0.15) is 0 Å². The summed E-state index contributed by atoms with van der Waals surface area (Å²) >= 11 is 7.73. The lowest BCUT2D eigenvalue weighted by Gasteiger charge is -2.25. The predicted molar refractivity (Wildman–Crippen MR) is 126 cm³/mol. The summed E-state index contributed by atoms with van der Waals surface area (Å²) in [7, 11) is 0. The Labute approximate surface area is 190 Å². The van der Waals surface area contributed by atoms with Gasteiger partial charge in [0.2, 0.25) is 0 Å². The number of imidazole rings is 1. The number of carbonyl (C=O) groups is 1. The molecular formula is C24H23ClN4OS. The van der Waals surface area contributed by atoms with E-state index >= 15 is 0 Å². The topological polar surface area (TPSA) is 61.9 Å². The molecule has 0 radical (unpaired) electrons. The highest BCUT2D eigenvalue weighted by atomic mass is 35.5. The maximum absolute atomic E-state index is 13.7. The van der Waals surface area contributed by atoms with Crippen LogP contribution in [0, 0.1) is 19.8 Å². The predicted octanol–water partition coefficient (Wildman–Crippen LogP) is 6.18. The van der Waals surface area contributed by atoms with E-state index in [4.69, 9.17) is 16.6 Å². The molecule has 4 aromatic rings. The van der Waals surface area contributed by atoms with E-state index in [1.54, 1.807) is 0 Å². The fraction of sp³-hybridized carbons (Fsp3) is 0.292. The molecule has 5 nitrogen and oxygen atoms in total. The minimum Gasteiger partial charge on any atom is -0.340 e. The number of amides is 1. The van der Waals surface area contributed by atoms with Gasteiger partial charge in [-0.3, -0.25) is 4.79 Å². The van der Waals surface area contributed by atoms with Crippen molar-refractivity contribution in [2.75, 3.05) is 6.54 Å². The first-order valence-corrected chi connectivity index (χ1v) is 11.6. The quantitative estimate of drug-likeness (QED) is 0.405. The number of rotatable bonds is 3. The minimum atomic E-state index is -0.102. The molecule has 0 spiro atoms. The SMILES string of the molecule is Cc1ccc2[nH]c([C@@H]3[C@@H](C)CCN3C(=O)c3nc(C)sc3-c3cccc(Cl)c3)nc2c1. The molecule has 1 aliphatic heterocycles. The van der Waals surface area contributed by atoms with Gasteiger partial charge in [0.1, 0.15) is 11.5 Å². The molecule has 0 aliphatic carbocycles. The van der Waals surface area contributed by atoms with Gasteiger partial charge < -0.3 is 9.88 Å². The molecule has 0 unspecified atom stereocenters. The average Bonchev–Trinajstić information content (AvgIpc) is 3.43. The zero-order valence-electron chi connectivity index (χ0n) is 17.6. The molecule has 1 fully saturated rings. The van der Waals surface area contributed by atoms with E-state index in [0.717, 1.165) is 38.7 Å². The number of H-pyrrole nitrogens is 1. The number of halogens is 1. The van der Waals surface area contributed by atoms with E-state index in [0.29, 0.717) is 23.2 Å². The van der Waals surface area contributed by atoms with Gasteiger partial charge in [0.05, 0.1) is 27.0 Å². The van der Waals surface area contributed by atoms with E-state index in [9.17, 15) is 4.79 Å². The van der Waals surface area contributed by atoms with E-state index in [1.807, 2.05) is 42.2 Å². The molecule has 158 valence electrons. The summed E-state index contributed by atoms with van der Waals surface area (Å²) in [6.45, 7) is 6.86. The Hall–Kier alpha value is -2.70. The second-order valence-electron chi connectivity index (χ2n) is 8.27. The summed E-state index contributed by atoms with van der Waals surface area (Å²) in [5.74, 6) is 1.10. The fourth-order valence-electron chi connectivity index (χ4n) is 4.40. The van der Waals surface area contributed by atoms with Crippen molar-refractivity contribution in [1.82, 2.24) is 19.9 Å². The van der Waals surface area contributed by atoms with Gasteiger partial charge in [0.15, 0.2) is 0 Å². The van der Waals surface area contributed by atoms with Crippen LogP contribution in [-0.4, -0.2) is 32.3 Å². The highest BCUT2D eigenvalue weighted by molar-refractivity contribution is 7.15. The third-order valence-electron chi connectivity index (χ3n) is 5.92. The van der Waals surface area contributed by atoms with Crippen LogP contribution in [0.2, 0.25) is 5.02 Å². The van der Waals surface area contributed by atoms with Crippen LogP contribution >= 0.6 is 22.9 Å². The Balaban J connectivity index is 1.54. The minimum absolute atomic E-state index is 0.0506. The second-order valence-corrected chi connectivity index (χ2v) is 9.91. The molecule has 1 amide bonds. The number of aromatic nitrogens is 3. The Kier molecular flexibility index (Phi) is 5.07. The van der Waals surface area contributed by atoms with Crippen LogP contribution in [0.5, 0.6) is 0 Å². The fourth-order valence-corrected chi connectivity index (χ4v) is 5.50. The van der Waals surface area contributed by atoms with Crippen molar-refractivity contribution in [2.45, 2.75) is 33.2 Å². The van der Waals surface area contributed by atoms with Gasteiger partial charge in [-0.25, -0.2) is 9.97 Å². The number of nitrogens with zero attached hydrogens (tertiary/aromatic N) is 3. The molecule has 1 saturated heterocycles. The van der Waals surface area contributed by atoms with Crippen LogP contribution < -0.4 is 0 Å². The molecule has 2 aromatic carbocycles. The first-order valence-electron chi connectivity index (χ1n) is 10.4. The van der Waals surface area contributed by atoms with Crippen LogP contribution in [0.15, 0.2) is 42.5 Å². The largest absolute Gasteiger partial charge is 0.340 e. The van der Waals surface area contributed by atoms with Gasteiger partial charge in [-0.1, -0.05) is 36.7 Å². The number of aromatic amines is 1. The van der Waals surface area contributed by atoms with Gasteiger partial charge in [0.25, 0.3) is 5.91 Å². The van der Waals surface area contributed by atoms with Gasteiger partial charge in [-0.05, 0) is 61.6 Å². The molecule has 3 heterocycles. The van der Waals surface area contributed by atoms with E-state index in [1.165, 1.54) is 16.9 Å². The lowest BCUT2D eigenvalue weighted by Crippen LogP contribution is -2.33. The average molecular weight is 451 g/mol. The van der Waals surface area contributed by atoms with Crippen molar-refractivity contribution in [2.24, 2.45) is 5.92 Å². The van der Waals surface area contributed by atoms with Crippen LogP contribution in [0.1, 0.15) is 46.3 Å². The molecule has 1 aliphatic rings. The van der Waals surface area contributed by atoms with Crippen molar-refractivity contribution in [3.63, 3.8) is 0 Å². The summed E-state index contributed by atoms with van der Waals surface area (Å²) in [5, 5.41) is 1.51. The maximum Gasteiger partial charge on any atom is 0.274 e. The molecule has 2 aromatic heterocycles. The monoisotopic (exact) mass is 450 g/mol. The van der Waals surface area contributed by atoms with Crippen LogP contribution in [0.3, 0.4) is 0 Å². The normalized spacial score (nSPS) is 18.8. The lowest BCUT2D eigenvalue weighted by atomic mass is 10.0. The van der Waals surface area contributed by atoms with Crippen molar-refractivity contribution in [1.29, 1.82) is 0 Å². The van der Waals surface area contributed by atoms with Crippen molar-refractivity contribution < 1.29 is 4.79 Å². The highest BCUT2D eigenvalue weighted by Gasteiger charge is 2.39. The number of hydrogen-bond donors (Lipinski definition) is 1. The standard InChI is InChI=1S/C24H23ClN4OS/c1-13-7-8-18-19(11-13)28-23(27-18)21-14(2)9-10-29(21)24(30)20-22(31-15(3)26-20)16-5-4-6-17(25)12-16/h4-8,11-12,14,21H,9-10H2,1-3H3,(H,27,28)/t14-,21-/m0/s1. The van der Waals surface area contributed by atoms with Gasteiger partial charge in [0, 0.05) is 11.6 Å². The Morgan fingerprint density at radius 3 is 2.84 bits per heavy atom.